The second kappa shape index (κ2) is 12.9. The Morgan fingerprint density at radius 3 is 2.72 bits per heavy atom. The number of esters is 1. The number of H-pyrrole nitrogens is 1. The number of allylic oxidation sites excluding steroid dienone is 1. The van der Waals surface area contributed by atoms with Gasteiger partial charge in [-0.15, -0.1) is 0 Å². The Morgan fingerprint density at radius 2 is 1.86 bits per heavy atom. The molecule has 7 heteroatoms. The van der Waals surface area contributed by atoms with Gasteiger partial charge in [0.1, 0.15) is 11.4 Å². The van der Waals surface area contributed by atoms with E-state index in [0.29, 0.717) is 45.1 Å². The molecule has 0 aliphatic carbocycles. The summed E-state index contributed by atoms with van der Waals surface area (Å²) in [5.74, 6) is 0.579. The van der Waals surface area contributed by atoms with Crippen molar-refractivity contribution in [3.63, 3.8) is 0 Å². The molecule has 0 fully saturated rings. The normalized spacial score (nSPS) is 13.9. The molecular weight excluding hydrogens is 538 g/mol. The fourth-order valence-electron chi connectivity index (χ4n) is 6.27. The van der Waals surface area contributed by atoms with Crippen LogP contribution in [-0.2, 0) is 35.5 Å². The molecule has 3 heterocycles. The van der Waals surface area contributed by atoms with Crippen LogP contribution >= 0.6 is 0 Å². The average molecular weight is 578 g/mol. The maximum Gasteiger partial charge on any atom is 0.355 e. The van der Waals surface area contributed by atoms with E-state index in [0.717, 1.165) is 80.3 Å². The Kier molecular flexibility index (Phi) is 8.61. The summed E-state index contributed by atoms with van der Waals surface area (Å²) in [6.07, 6.45) is 7.35. The molecule has 3 aromatic carbocycles. The number of benzene rings is 3. The van der Waals surface area contributed by atoms with Crippen LogP contribution in [0.5, 0.6) is 5.75 Å². The van der Waals surface area contributed by atoms with E-state index in [-0.39, 0.29) is 5.97 Å². The quantitative estimate of drug-likeness (QED) is 0.110. The molecule has 0 spiro atoms. The number of ether oxygens (including phenoxy) is 3. The maximum atomic E-state index is 13.7. The Hall–Kier alpha value is -4.36. The molecule has 222 valence electrons. The Bertz CT molecular complexity index is 1790. The van der Waals surface area contributed by atoms with Crippen molar-refractivity contribution < 1.29 is 19.0 Å². The highest BCUT2D eigenvalue weighted by molar-refractivity contribution is 6.05. The molecule has 5 aromatic rings. The third-order valence-electron chi connectivity index (χ3n) is 8.15. The molecule has 0 radical (unpaired) electrons. The topological polar surface area (TPSA) is 78.4 Å². The van der Waals surface area contributed by atoms with E-state index in [1.165, 1.54) is 0 Å². The summed E-state index contributed by atoms with van der Waals surface area (Å²) in [5.41, 5.74) is 7.97. The fraction of sp³-hybridized carbons (Fsp3) is 0.333. The molecule has 43 heavy (non-hydrogen) atoms. The second-order valence-electron chi connectivity index (χ2n) is 11.0. The molecule has 1 aliphatic heterocycles. The van der Waals surface area contributed by atoms with Crippen molar-refractivity contribution in [3.8, 4) is 16.9 Å². The molecule has 2 aromatic heterocycles. The van der Waals surface area contributed by atoms with E-state index in [4.69, 9.17) is 19.3 Å². The van der Waals surface area contributed by atoms with E-state index >= 15 is 0 Å². The Morgan fingerprint density at radius 1 is 1.00 bits per heavy atom. The van der Waals surface area contributed by atoms with Crippen LogP contribution in [0.4, 0.5) is 0 Å². The van der Waals surface area contributed by atoms with Gasteiger partial charge < -0.3 is 18.8 Å². The third kappa shape index (κ3) is 5.57. The molecule has 1 N–H and O–H groups in total. The van der Waals surface area contributed by atoms with Crippen molar-refractivity contribution in [1.82, 2.24) is 14.8 Å². The lowest BCUT2D eigenvalue weighted by atomic mass is 9.93. The molecule has 1 aliphatic rings. The number of aromatic nitrogens is 3. The van der Waals surface area contributed by atoms with Crippen molar-refractivity contribution in [1.29, 1.82) is 0 Å². The number of carbonyl (C=O) groups excluding carboxylic acids is 1. The van der Waals surface area contributed by atoms with Crippen molar-refractivity contribution in [3.05, 3.63) is 95.0 Å². The molecule has 7 nitrogen and oxygen atoms in total. The first-order valence-corrected chi connectivity index (χ1v) is 15.3. The van der Waals surface area contributed by atoms with E-state index < -0.39 is 0 Å². The van der Waals surface area contributed by atoms with E-state index in [9.17, 15) is 4.79 Å². The summed E-state index contributed by atoms with van der Waals surface area (Å²) < 4.78 is 20.1. The first-order valence-electron chi connectivity index (χ1n) is 15.3. The van der Waals surface area contributed by atoms with E-state index in [1.807, 2.05) is 37.3 Å². The van der Waals surface area contributed by atoms with Crippen LogP contribution in [0.2, 0.25) is 0 Å². The zero-order chi connectivity index (χ0) is 29.8. The van der Waals surface area contributed by atoms with Crippen LogP contribution in [0.25, 0.3) is 32.8 Å². The first-order chi connectivity index (χ1) is 21.1. The lowest BCUT2D eigenvalue weighted by Gasteiger charge is -2.14. The minimum Gasteiger partial charge on any atom is -0.493 e. The number of aryl methyl sites for hydroxylation is 3. The van der Waals surface area contributed by atoms with Crippen LogP contribution in [0, 0.1) is 6.92 Å². The minimum absolute atomic E-state index is 0.298. The monoisotopic (exact) mass is 577 g/mol. The zero-order valence-corrected chi connectivity index (χ0v) is 25.2. The number of fused-ring (bicyclic) bond motifs is 3. The number of rotatable bonds is 9. The van der Waals surface area contributed by atoms with Gasteiger partial charge in [-0.25, -0.2) is 4.79 Å². The molecule has 0 saturated carbocycles. The van der Waals surface area contributed by atoms with Gasteiger partial charge in [0, 0.05) is 28.4 Å². The summed E-state index contributed by atoms with van der Waals surface area (Å²) in [7, 11) is 0. The molecule has 0 amide bonds. The number of hydrogen-bond acceptors (Lipinski definition) is 5. The Balaban J connectivity index is 1.45. The first kappa shape index (κ1) is 28.7. The summed E-state index contributed by atoms with van der Waals surface area (Å²) in [4.78, 5) is 13.7. The molecule has 0 bridgehead atoms. The molecule has 0 saturated heterocycles. The van der Waals surface area contributed by atoms with Crippen molar-refractivity contribution in [2.24, 2.45) is 0 Å². The van der Waals surface area contributed by atoms with Crippen molar-refractivity contribution in [2.75, 3.05) is 19.8 Å². The number of nitrogens with one attached hydrogen (secondary N) is 1. The highest BCUT2D eigenvalue weighted by Crippen LogP contribution is 2.41. The Labute approximate surface area is 252 Å². The molecule has 0 unspecified atom stereocenters. The number of hydrogen-bond donors (Lipinski definition) is 1. The maximum absolute atomic E-state index is 13.7. The number of carbonyl (C=O) groups is 1. The summed E-state index contributed by atoms with van der Waals surface area (Å²) >= 11 is 0. The average Bonchev–Trinajstić information content (AvgIpc) is 3.54. The van der Waals surface area contributed by atoms with Crippen LogP contribution in [0.1, 0.15) is 59.7 Å². The van der Waals surface area contributed by atoms with Gasteiger partial charge in [0.25, 0.3) is 0 Å². The van der Waals surface area contributed by atoms with Gasteiger partial charge in [-0.2, -0.15) is 5.10 Å². The molecular formula is C36H39N3O4. The summed E-state index contributed by atoms with van der Waals surface area (Å²) in [6.45, 7) is 8.46. The smallest absolute Gasteiger partial charge is 0.355 e. The van der Waals surface area contributed by atoms with Gasteiger partial charge in [0.15, 0.2) is 0 Å². The van der Waals surface area contributed by atoms with Gasteiger partial charge in [0.05, 0.1) is 43.3 Å². The highest BCUT2D eigenvalue weighted by atomic mass is 16.5. The summed E-state index contributed by atoms with van der Waals surface area (Å²) in [5, 5.41) is 11.3. The molecule has 0 atom stereocenters. The minimum atomic E-state index is -0.298. The van der Waals surface area contributed by atoms with Gasteiger partial charge in [-0.3, -0.25) is 5.10 Å². The van der Waals surface area contributed by atoms with Crippen LogP contribution in [-0.4, -0.2) is 40.6 Å². The summed E-state index contributed by atoms with van der Waals surface area (Å²) in [6, 6.07) is 18.7. The third-order valence-corrected chi connectivity index (χ3v) is 8.15. The van der Waals surface area contributed by atoms with E-state index in [2.05, 4.69) is 59.9 Å². The SMILES string of the molecule is CCCc1n[nH]c2c1-c1c(C)ccc3c(CCCOc4cccc5ccccc45)c(C(=O)OCC)n(c13)C/C=C\COC2. The number of aromatic amines is 1. The van der Waals surface area contributed by atoms with Crippen molar-refractivity contribution >= 4 is 27.6 Å². The predicted molar refractivity (Wildman–Crippen MR) is 171 cm³/mol. The lowest BCUT2D eigenvalue weighted by Crippen LogP contribution is -2.14. The van der Waals surface area contributed by atoms with Crippen LogP contribution in [0.3, 0.4) is 0 Å². The second-order valence-corrected chi connectivity index (χ2v) is 11.0. The molecule has 6 rings (SSSR count). The van der Waals surface area contributed by atoms with Gasteiger partial charge in [-0.1, -0.05) is 74.0 Å². The van der Waals surface area contributed by atoms with Gasteiger partial charge >= 0.3 is 5.97 Å². The van der Waals surface area contributed by atoms with Gasteiger partial charge in [0.2, 0.25) is 0 Å². The largest absolute Gasteiger partial charge is 0.493 e. The highest BCUT2D eigenvalue weighted by Gasteiger charge is 2.28. The zero-order valence-electron chi connectivity index (χ0n) is 25.2. The number of nitrogens with zero attached hydrogens (tertiary/aromatic N) is 2. The fourth-order valence-corrected chi connectivity index (χ4v) is 6.27. The predicted octanol–water partition coefficient (Wildman–Crippen LogP) is 7.72. The lowest BCUT2D eigenvalue weighted by molar-refractivity contribution is 0.0513. The van der Waals surface area contributed by atoms with Crippen molar-refractivity contribution in [2.45, 2.75) is 59.6 Å². The van der Waals surface area contributed by atoms with Crippen LogP contribution < -0.4 is 4.74 Å². The van der Waals surface area contributed by atoms with Gasteiger partial charge in [-0.05, 0) is 55.7 Å². The van der Waals surface area contributed by atoms with E-state index in [1.54, 1.807) is 0 Å². The van der Waals surface area contributed by atoms with Crippen LogP contribution in [0.15, 0.2) is 66.7 Å². The standard InChI is InChI=1S/C36H39N3O4/c1-4-12-29-33-30(38-37-29)23-41-21-9-8-20-39-34-28(19-18-24(3)32(33)34)27(35(39)36(40)42-5-2)16-11-22-43-31-17-10-14-25-13-6-7-15-26(25)31/h6-10,13-15,17-19H,4-5,11-12,16,20-23H2,1-3H3,(H,37,38)/b9-8-.